The average molecular weight is 392 g/mol. The molecule has 134 valence electrons. The molecule has 8 heteroatoms. The van der Waals surface area contributed by atoms with E-state index in [1.54, 1.807) is 36.4 Å². The van der Waals surface area contributed by atoms with Crippen molar-refractivity contribution in [2.45, 2.75) is 5.16 Å². The molecule has 3 rings (SSSR count). The van der Waals surface area contributed by atoms with Crippen LogP contribution in [0.15, 0.2) is 52.4 Å². The highest BCUT2D eigenvalue weighted by Crippen LogP contribution is 2.28. The van der Waals surface area contributed by atoms with Gasteiger partial charge in [-0.1, -0.05) is 23.7 Å². The lowest BCUT2D eigenvalue weighted by molar-refractivity contribution is -0.405. The van der Waals surface area contributed by atoms with Crippen LogP contribution in [-0.4, -0.2) is 30.5 Å². The molecule has 0 aliphatic heterocycles. The van der Waals surface area contributed by atoms with Gasteiger partial charge in [0.15, 0.2) is 11.4 Å². The summed E-state index contributed by atoms with van der Waals surface area (Å²) in [5, 5.41) is 1.45. The number of hydrogen-bond acceptors (Lipinski definition) is 5. The molecule has 26 heavy (non-hydrogen) atoms. The number of carbonyl (C=O) groups is 1. The first-order chi connectivity index (χ1) is 12.5. The largest absolute Gasteiger partial charge is 0.492 e. The Morgan fingerprint density at radius 3 is 2.73 bits per heavy atom. The number of rotatable bonds is 5. The number of aromatic amines is 1. The predicted octanol–water partition coefficient (Wildman–Crippen LogP) is 2.73. The van der Waals surface area contributed by atoms with Gasteiger partial charge in [-0.2, -0.15) is 0 Å². The number of nitrogens with zero attached hydrogens (tertiary/aromatic N) is 1. The number of halogens is 1. The van der Waals surface area contributed by atoms with Crippen LogP contribution in [0.1, 0.15) is 0 Å². The summed E-state index contributed by atoms with van der Waals surface area (Å²) < 4.78 is 11.5. The lowest BCUT2D eigenvalue weighted by atomic mass is 10.2. The Bertz CT molecular complexity index is 1040. The number of carbonyl (C=O) groups excluding carboxylic acids is 1. The normalized spacial score (nSPS) is 10.7. The van der Waals surface area contributed by atoms with E-state index in [0.29, 0.717) is 32.5 Å². The second-order valence-electron chi connectivity index (χ2n) is 5.30. The van der Waals surface area contributed by atoms with Crippen molar-refractivity contribution >= 4 is 40.2 Å². The molecule has 0 bridgehead atoms. The van der Waals surface area contributed by atoms with E-state index in [1.807, 2.05) is 6.07 Å². The quantitative estimate of drug-likeness (QED) is 0.380. The van der Waals surface area contributed by atoms with E-state index in [0.717, 1.165) is 11.8 Å². The van der Waals surface area contributed by atoms with Gasteiger partial charge in [0.05, 0.1) is 14.2 Å². The number of para-hydroxylation sites is 1. The number of methoxy groups -OCH3 is 2. The molecule has 0 aliphatic rings. The molecule has 2 aromatic carbocycles. The number of benzene rings is 2. The van der Waals surface area contributed by atoms with Gasteiger partial charge in [-0.3, -0.25) is 4.79 Å². The van der Waals surface area contributed by atoms with Crippen LogP contribution in [-0.2, 0) is 9.53 Å². The minimum Gasteiger partial charge on any atom is -0.492 e. The van der Waals surface area contributed by atoms with Crippen molar-refractivity contribution in [1.82, 2.24) is 4.57 Å². The van der Waals surface area contributed by atoms with Gasteiger partial charge in [0.1, 0.15) is 16.7 Å². The predicted molar refractivity (Wildman–Crippen MR) is 100 cm³/mol. The maximum atomic E-state index is 13.2. The molecule has 0 saturated carbocycles. The molecule has 0 atom stereocenters. The summed E-state index contributed by atoms with van der Waals surface area (Å²) in [5.41, 5.74) is 0.911. The molecule has 0 radical (unpaired) electrons. The first-order valence-corrected chi connectivity index (χ1v) is 9.02. The van der Waals surface area contributed by atoms with Gasteiger partial charge in [0, 0.05) is 11.1 Å². The summed E-state index contributed by atoms with van der Waals surface area (Å²) in [7, 11) is 2.84. The minimum atomic E-state index is -0.395. The molecule has 0 aliphatic carbocycles. The molecule has 1 heterocycles. The molecule has 0 fully saturated rings. The summed E-state index contributed by atoms with van der Waals surface area (Å²) in [6, 6.07) is 12.2. The van der Waals surface area contributed by atoms with Crippen molar-refractivity contribution in [2.24, 2.45) is 0 Å². The van der Waals surface area contributed by atoms with Crippen molar-refractivity contribution in [3.8, 4) is 11.4 Å². The summed E-state index contributed by atoms with van der Waals surface area (Å²) in [5.74, 6) is 0.141. The van der Waals surface area contributed by atoms with Crippen LogP contribution in [0, 0.1) is 0 Å². The van der Waals surface area contributed by atoms with Gasteiger partial charge < -0.3 is 9.47 Å². The second-order valence-corrected chi connectivity index (χ2v) is 6.70. The Morgan fingerprint density at radius 1 is 1.23 bits per heavy atom. The molecule has 0 amide bonds. The van der Waals surface area contributed by atoms with Crippen molar-refractivity contribution in [1.29, 1.82) is 0 Å². The zero-order valence-electron chi connectivity index (χ0n) is 14.1. The van der Waals surface area contributed by atoms with Crippen LogP contribution >= 0.6 is 23.4 Å². The lowest BCUT2D eigenvalue weighted by Crippen LogP contribution is -2.29. The van der Waals surface area contributed by atoms with E-state index in [1.165, 1.54) is 18.8 Å². The van der Waals surface area contributed by atoms with E-state index >= 15 is 0 Å². The number of fused-ring (bicyclic) bond motifs is 1. The summed E-state index contributed by atoms with van der Waals surface area (Å²) in [6.45, 7) is 0. The van der Waals surface area contributed by atoms with Crippen LogP contribution in [0.25, 0.3) is 16.6 Å². The number of thioether (sulfide) groups is 1. The zero-order valence-corrected chi connectivity index (χ0v) is 15.7. The van der Waals surface area contributed by atoms with Gasteiger partial charge in [-0.25, -0.2) is 9.78 Å². The van der Waals surface area contributed by atoms with E-state index in [-0.39, 0.29) is 11.3 Å². The molecular formula is C18H16ClN2O4S+. The van der Waals surface area contributed by atoms with Crippen molar-refractivity contribution < 1.29 is 19.3 Å². The Balaban J connectivity index is 2.28. The first kappa shape index (κ1) is 18.3. The molecule has 6 nitrogen and oxygen atoms in total. The van der Waals surface area contributed by atoms with Gasteiger partial charge >= 0.3 is 16.7 Å². The Kier molecular flexibility index (Phi) is 5.49. The van der Waals surface area contributed by atoms with Crippen LogP contribution in [0.5, 0.6) is 5.75 Å². The smallest absolute Gasteiger partial charge is 0.351 e. The lowest BCUT2D eigenvalue weighted by Gasteiger charge is -2.10. The Morgan fingerprint density at radius 2 is 2.00 bits per heavy atom. The number of ether oxygens (including phenoxy) is 2. The van der Waals surface area contributed by atoms with Gasteiger partial charge in [0.2, 0.25) is 0 Å². The summed E-state index contributed by atoms with van der Waals surface area (Å²) >= 11 is 7.30. The average Bonchev–Trinajstić information content (AvgIpc) is 2.66. The first-order valence-electron chi connectivity index (χ1n) is 7.65. The molecule has 1 N–H and O–H groups in total. The van der Waals surface area contributed by atoms with Gasteiger partial charge in [0.25, 0.3) is 0 Å². The van der Waals surface area contributed by atoms with Crippen LogP contribution in [0.4, 0.5) is 0 Å². The SMILES string of the molecule is COC(=O)CSc1[nH+]c2ccccc2c(=O)n1-c1cc(Cl)ccc1OC. The third kappa shape index (κ3) is 3.54. The van der Waals surface area contributed by atoms with Crippen molar-refractivity contribution in [2.75, 3.05) is 20.0 Å². The molecule has 0 spiro atoms. The fraction of sp³-hybridized carbons (Fsp3) is 0.167. The fourth-order valence-corrected chi connectivity index (χ4v) is 3.54. The molecule has 3 aromatic rings. The van der Waals surface area contributed by atoms with Crippen LogP contribution in [0.2, 0.25) is 5.02 Å². The minimum absolute atomic E-state index is 0.0493. The summed E-state index contributed by atoms with van der Waals surface area (Å²) in [6.07, 6.45) is 0. The molecule has 0 unspecified atom stereocenters. The Labute approximate surface area is 158 Å². The Hall–Kier alpha value is -2.51. The number of nitrogens with one attached hydrogen (secondary N) is 1. The topological polar surface area (TPSA) is 71.7 Å². The molecule has 0 saturated heterocycles. The number of hydrogen-bond donors (Lipinski definition) is 0. The van der Waals surface area contributed by atoms with Crippen molar-refractivity contribution in [3.05, 3.63) is 57.8 Å². The monoisotopic (exact) mass is 391 g/mol. The third-order valence-corrected chi connectivity index (χ3v) is 4.91. The highest BCUT2D eigenvalue weighted by Gasteiger charge is 2.24. The maximum absolute atomic E-state index is 13.2. The highest BCUT2D eigenvalue weighted by atomic mass is 35.5. The zero-order chi connectivity index (χ0) is 18.7. The van der Waals surface area contributed by atoms with Crippen LogP contribution in [0.3, 0.4) is 0 Å². The van der Waals surface area contributed by atoms with E-state index in [9.17, 15) is 9.59 Å². The van der Waals surface area contributed by atoms with Gasteiger partial charge in [-0.05, 0) is 36.0 Å². The molecule has 1 aromatic heterocycles. The maximum Gasteiger partial charge on any atom is 0.351 e. The van der Waals surface area contributed by atoms with E-state index < -0.39 is 5.97 Å². The van der Waals surface area contributed by atoms with Crippen LogP contribution < -0.4 is 15.3 Å². The number of H-pyrrole nitrogens is 1. The van der Waals surface area contributed by atoms with E-state index in [2.05, 4.69) is 4.98 Å². The van der Waals surface area contributed by atoms with E-state index in [4.69, 9.17) is 21.1 Å². The summed E-state index contributed by atoms with van der Waals surface area (Å²) in [4.78, 5) is 27.9. The number of esters is 1. The highest BCUT2D eigenvalue weighted by molar-refractivity contribution is 7.99. The number of aromatic nitrogens is 2. The van der Waals surface area contributed by atoms with Crippen molar-refractivity contribution in [3.63, 3.8) is 0 Å². The standard InChI is InChI=1S/C18H15ClN2O4S/c1-24-15-8-7-11(19)9-14(15)21-17(23)12-5-3-4-6-13(12)20-18(21)26-10-16(22)25-2/h3-9H,10H2,1-2H3/p+1. The third-order valence-electron chi connectivity index (χ3n) is 3.74. The fourth-order valence-electron chi connectivity index (χ4n) is 2.51. The van der Waals surface area contributed by atoms with Gasteiger partial charge in [-0.15, -0.1) is 4.57 Å². The second kappa shape index (κ2) is 7.80. The molecular weight excluding hydrogens is 376 g/mol.